The summed E-state index contributed by atoms with van der Waals surface area (Å²) >= 11 is 1.52. The fraction of sp³-hybridized carbons (Fsp3) is 0.192. The van der Waals surface area contributed by atoms with Crippen LogP contribution in [0.1, 0.15) is 28.8 Å². The molecule has 0 aliphatic rings. The van der Waals surface area contributed by atoms with Gasteiger partial charge in [-0.1, -0.05) is 18.2 Å². The monoisotopic (exact) mass is 456 g/mol. The van der Waals surface area contributed by atoms with Crippen LogP contribution in [-0.4, -0.2) is 31.2 Å². The van der Waals surface area contributed by atoms with E-state index in [1.807, 2.05) is 74.9 Å². The quantitative estimate of drug-likeness (QED) is 0.247. The summed E-state index contributed by atoms with van der Waals surface area (Å²) < 4.78 is 5.46. The molecule has 166 valence electrons. The van der Waals surface area contributed by atoms with E-state index < -0.39 is 11.5 Å². The van der Waals surface area contributed by atoms with Crippen molar-refractivity contribution in [1.82, 2.24) is 4.90 Å². The molecule has 4 aromatic rings. The van der Waals surface area contributed by atoms with Crippen molar-refractivity contribution in [2.45, 2.75) is 18.4 Å². The molecule has 7 heteroatoms. The lowest BCUT2D eigenvalue weighted by atomic mass is 9.80. The molecule has 0 saturated heterocycles. The Morgan fingerprint density at radius 1 is 1.21 bits per heavy atom. The molecule has 0 radical (unpaired) electrons. The van der Waals surface area contributed by atoms with Crippen LogP contribution in [-0.2, 0) is 10.3 Å². The predicted octanol–water partition coefficient (Wildman–Crippen LogP) is 5.11. The van der Waals surface area contributed by atoms with E-state index in [0.29, 0.717) is 11.5 Å². The fourth-order valence-electron chi connectivity index (χ4n) is 3.85. The molecular formula is C26H24N4O2S. The molecule has 0 spiro atoms. The number of fused-ring (bicyclic) bond motifs is 1. The third kappa shape index (κ3) is 4.26. The summed E-state index contributed by atoms with van der Waals surface area (Å²) in [6.45, 7) is 1.93. The van der Waals surface area contributed by atoms with E-state index in [0.717, 1.165) is 38.8 Å². The van der Waals surface area contributed by atoms with E-state index in [9.17, 15) is 10.1 Å². The number of carbonyl (C=O) groups is 1. The largest absolute Gasteiger partial charge is 0.464 e. The molecule has 2 atom stereocenters. The van der Waals surface area contributed by atoms with E-state index >= 15 is 0 Å². The highest BCUT2D eigenvalue weighted by Crippen LogP contribution is 2.44. The van der Waals surface area contributed by atoms with E-state index in [-0.39, 0.29) is 0 Å². The number of nitrogens with two attached hydrogens (primary N) is 1. The number of nitrogens with zero attached hydrogens (tertiary/aromatic N) is 3. The zero-order valence-electron chi connectivity index (χ0n) is 18.6. The lowest BCUT2D eigenvalue weighted by Gasteiger charge is -2.32. The second-order valence-corrected chi connectivity index (χ2v) is 9.15. The minimum Gasteiger partial charge on any atom is -0.464 e. The van der Waals surface area contributed by atoms with Crippen molar-refractivity contribution in [2.24, 2.45) is 10.7 Å². The summed E-state index contributed by atoms with van der Waals surface area (Å²) in [5.41, 5.74) is 9.40. The van der Waals surface area contributed by atoms with Gasteiger partial charge >= 0.3 is 0 Å². The number of hydrogen-bond acceptors (Lipinski definition) is 5. The summed E-state index contributed by atoms with van der Waals surface area (Å²) in [7, 11) is 3.64. The van der Waals surface area contributed by atoms with Crippen molar-refractivity contribution < 1.29 is 9.21 Å². The van der Waals surface area contributed by atoms with E-state index in [4.69, 9.17) is 15.1 Å². The number of hydrogen-bond donors (Lipinski definition) is 1. The summed E-state index contributed by atoms with van der Waals surface area (Å²) in [6.07, 6.45) is 2.57. The zero-order chi connectivity index (χ0) is 23.6. The second kappa shape index (κ2) is 8.93. The Labute approximate surface area is 196 Å². The topological polar surface area (TPSA) is 95.6 Å². The minimum absolute atomic E-state index is 0.329. The normalized spacial score (nSPS) is 14.4. The van der Waals surface area contributed by atoms with Crippen LogP contribution in [0.4, 0.5) is 0 Å². The van der Waals surface area contributed by atoms with Gasteiger partial charge in [-0.25, -0.2) is 4.99 Å². The third-order valence-electron chi connectivity index (χ3n) is 5.81. The Morgan fingerprint density at radius 2 is 2.03 bits per heavy atom. The number of nitriles is 1. The molecule has 0 saturated carbocycles. The first-order chi connectivity index (χ1) is 15.9. The molecule has 0 amide bonds. The lowest BCUT2D eigenvalue weighted by Crippen LogP contribution is -2.37. The summed E-state index contributed by atoms with van der Waals surface area (Å²) in [5.74, 6) is -0.248. The van der Waals surface area contributed by atoms with Crippen LogP contribution in [0.15, 0.2) is 75.7 Å². The van der Waals surface area contributed by atoms with Gasteiger partial charge in [0, 0.05) is 24.4 Å². The van der Waals surface area contributed by atoms with Crippen LogP contribution < -0.4 is 5.73 Å². The molecule has 33 heavy (non-hydrogen) atoms. The summed E-state index contributed by atoms with van der Waals surface area (Å²) in [5, 5.41) is 12.2. The molecule has 4 rings (SSSR count). The Bertz CT molecular complexity index is 1380. The van der Waals surface area contributed by atoms with Gasteiger partial charge in [0.25, 0.3) is 0 Å². The third-order valence-corrected chi connectivity index (χ3v) is 6.96. The smallest absolute Gasteiger partial charge is 0.191 e. The first-order valence-corrected chi connectivity index (χ1v) is 11.3. The number of rotatable bonds is 6. The van der Waals surface area contributed by atoms with Gasteiger partial charge in [0.15, 0.2) is 5.96 Å². The molecule has 2 heterocycles. The van der Waals surface area contributed by atoms with Crippen molar-refractivity contribution >= 4 is 34.6 Å². The Balaban J connectivity index is 1.85. The maximum Gasteiger partial charge on any atom is 0.191 e. The number of guanidine groups is 1. The zero-order valence-corrected chi connectivity index (χ0v) is 19.5. The van der Waals surface area contributed by atoms with Crippen molar-refractivity contribution in [2.75, 3.05) is 14.1 Å². The van der Waals surface area contributed by atoms with Gasteiger partial charge in [-0.15, -0.1) is 11.3 Å². The van der Waals surface area contributed by atoms with Crippen molar-refractivity contribution in [3.63, 3.8) is 0 Å². The van der Waals surface area contributed by atoms with Gasteiger partial charge in [0.05, 0.1) is 23.8 Å². The van der Waals surface area contributed by atoms with Gasteiger partial charge in [0.2, 0.25) is 0 Å². The first kappa shape index (κ1) is 22.3. The predicted molar refractivity (Wildman–Crippen MR) is 132 cm³/mol. The van der Waals surface area contributed by atoms with Gasteiger partial charge in [-0.05, 0) is 65.4 Å². The number of aldehydes is 1. The fourth-order valence-corrected chi connectivity index (χ4v) is 4.92. The molecule has 2 aromatic carbocycles. The van der Waals surface area contributed by atoms with Gasteiger partial charge < -0.3 is 19.8 Å². The second-order valence-electron chi connectivity index (χ2n) is 8.24. The number of carbonyl (C=O) groups excluding carboxylic acids is 1. The van der Waals surface area contributed by atoms with Crippen molar-refractivity contribution in [1.29, 1.82) is 5.26 Å². The lowest BCUT2D eigenvalue weighted by molar-refractivity contribution is -0.110. The molecule has 2 aromatic heterocycles. The van der Waals surface area contributed by atoms with Crippen LogP contribution >= 0.6 is 11.3 Å². The molecule has 0 fully saturated rings. The van der Waals surface area contributed by atoms with Gasteiger partial charge in [-0.2, -0.15) is 5.26 Å². The number of benzene rings is 2. The summed E-state index contributed by atoms with van der Waals surface area (Å²) in [4.78, 5) is 20.0. The average molecular weight is 457 g/mol. The van der Waals surface area contributed by atoms with E-state index in [2.05, 4.69) is 6.07 Å². The van der Waals surface area contributed by atoms with Crippen LogP contribution in [0.25, 0.3) is 22.1 Å². The molecule has 2 unspecified atom stereocenters. The molecule has 0 bridgehead atoms. The van der Waals surface area contributed by atoms with Crippen molar-refractivity contribution in [3.05, 3.63) is 82.2 Å². The van der Waals surface area contributed by atoms with Crippen molar-refractivity contribution in [3.8, 4) is 17.2 Å². The maximum atomic E-state index is 12.5. The van der Waals surface area contributed by atoms with Crippen LogP contribution in [0.3, 0.4) is 0 Å². The van der Waals surface area contributed by atoms with E-state index in [1.165, 1.54) is 11.3 Å². The molecule has 6 nitrogen and oxygen atoms in total. The first-order valence-electron chi connectivity index (χ1n) is 10.4. The summed E-state index contributed by atoms with van der Waals surface area (Å²) in [6, 6.07) is 19.3. The number of aliphatic imine (C=N–C) groups is 1. The Morgan fingerprint density at radius 3 is 2.76 bits per heavy atom. The molecule has 0 aliphatic carbocycles. The van der Waals surface area contributed by atoms with Gasteiger partial charge in [-0.3, -0.25) is 0 Å². The Kier molecular flexibility index (Phi) is 6.03. The van der Waals surface area contributed by atoms with Gasteiger partial charge in [0.1, 0.15) is 17.4 Å². The number of thiophene rings is 1. The highest BCUT2D eigenvalue weighted by Gasteiger charge is 2.39. The standard InChI is InChI=1S/C26H24N4O2S/c1-26(29-25(28)30(2)3,22(15-31)19-7-8-23-20(12-19)9-10-32-23)24-13-21(16-33-24)18-6-4-5-17(11-18)14-27/h4-13,15-16,22H,1-3H3,(H2,28,29). The van der Waals surface area contributed by atoms with Crippen LogP contribution in [0.2, 0.25) is 0 Å². The maximum absolute atomic E-state index is 12.5. The highest BCUT2D eigenvalue weighted by atomic mass is 32.1. The molecular weight excluding hydrogens is 432 g/mol. The van der Waals surface area contributed by atoms with Crippen LogP contribution in [0.5, 0.6) is 0 Å². The number of furan rings is 1. The SMILES string of the molecule is CN(C)C(N)=NC(C)(c1cc(-c2cccc(C#N)c2)cs1)C(C=O)c1ccc2occc2c1. The molecule has 2 N–H and O–H groups in total. The minimum atomic E-state index is -0.941. The highest BCUT2D eigenvalue weighted by molar-refractivity contribution is 7.10. The van der Waals surface area contributed by atoms with E-state index in [1.54, 1.807) is 17.2 Å². The molecule has 0 aliphatic heterocycles. The average Bonchev–Trinajstić information content (AvgIpc) is 3.49. The Hall–Kier alpha value is -3.89. The van der Waals surface area contributed by atoms with Crippen LogP contribution in [0, 0.1) is 11.3 Å².